The van der Waals surface area contributed by atoms with Crippen molar-refractivity contribution < 1.29 is 23.5 Å². The molecule has 1 saturated carbocycles. The minimum atomic E-state index is -0.495. The smallest absolute Gasteiger partial charge is 0.257 e. The molecule has 0 unspecified atom stereocenters. The molecule has 0 atom stereocenters. The minimum Gasteiger partial charge on any atom is -0.494 e. The molecular formula is C23H21FN2O4S. The van der Waals surface area contributed by atoms with Gasteiger partial charge >= 0.3 is 0 Å². The van der Waals surface area contributed by atoms with Crippen molar-refractivity contribution in [1.82, 2.24) is 10.3 Å². The number of amides is 1. The molecule has 31 heavy (non-hydrogen) atoms. The molecule has 0 aliphatic heterocycles. The molecule has 2 heterocycles. The van der Waals surface area contributed by atoms with E-state index in [1.54, 1.807) is 23.7 Å². The third-order valence-electron chi connectivity index (χ3n) is 5.05. The molecule has 1 aliphatic carbocycles. The highest BCUT2D eigenvalue weighted by Crippen LogP contribution is 2.32. The maximum Gasteiger partial charge on any atom is 0.257 e. The molecule has 0 spiro atoms. The van der Waals surface area contributed by atoms with Crippen LogP contribution in [0.1, 0.15) is 39.1 Å². The summed E-state index contributed by atoms with van der Waals surface area (Å²) in [6.07, 6.45) is 4.61. The maximum atomic E-state index is 13.9. The highest BCUT2D eigenvalue weighted by Gasteiger charge is 2.24. The fraction of sp³-hybridized carbons (Fsp3) is 0.261. The van der Waals surface area contributed by atoms with E-state index in [0.29, 0.717) is 34.8 Å². The Labute approximate surface area is 183 Å². The van der Waals surface area contributed by atoms with E-state index in [1.165, 1.54) is 30.6 Å². The molecule has 1 aliphatic rings. The molecule has 0 radical (unpaired) electrons. The number of nitrogens with zero attached hydrogens (tertiary/aromatic N) is 1. The fourth-order valence-corrected chi connectivity index (χ4v) is 3.89. The van der Waals surface area contributed by atoms with Crippen molar-refractivity contribution in [3.8, 4) is 22.8 Å². The van der Waals surface area contributed by atoms with Gasteiger partial charge in [-0.1, -0.05) is 6.07 Å². The lowest BCUT2D eigenvalue weighted by atomic mass is 10.0. The number of aldehydes is 1. The van der Waals surface area contributed by atoms with Gasteiger partial charge in [0.1, 0.15) is 5.56 Å². The number of carbonyl (C=O) groups excluding carboxylic acids is 2. The van der Waals surface area contributed by atoms with Crippen LogP contribution in [0.3, 0.4) is 0 Å². The van der Waals surface area contributed by atoms with Crippen LogP contribution in [0, 0.1) is 11.7 Å². The van der Waals surface area contributed by atoms with Gasteiger partial charge in [0.2, 0.25) is 5.88 Å². The largest absolute Gasteiger partial charge is 0.494 e. The van der Waals surface area contributed by atoms with Gasteiger partial charge in [-0.05, 0) is 47.9 Å². The number of pyridine rings is 1. The lowest BCUT2D eigenvalue weighted by Gasteiger charge is -2.13. The predicted octanol–water partition coefficient (Wildman–Crippen LogP) is 4.49. The van der Waals surface area contributed by atoms with Crippen LogP contribution in [0.5, 0.6) is 11.6 Å². The van der Waals surface area contributed by atoms with E-state index >= 15 is 0 Å². The molecule has 1 aromatic carbocycles. The highest BCUT2D eigenvalue weighted by molar-refractivity contribution is 7.08. The van der Waals surface area contributed by atoms with Crippen molar-refractivity contribution in [3.05, 3.63) is 63.7 Å². The second kappa shape index (κ2) is 9.26. The average Bonchev–Trinajstić information content (AvgIpc) is 3.50. The number of hydrogen-bond donors (Lipinski definition) is 1. The summed E-state index contributed by atoms with van der Waals surface area (Å²) in [6, 6.07) is 6.19. The Morgan fingerprint density at radius 2 is 2.16 bits per heavy atom. The Bertz CT molecular complexity index is 1110. The zero-order chi connectivity index (χ0) is 21.8. The van der Waals surface area contributed by atoms with Crippen LogP contribution in [0.4, 0.5) is 4.39 Å². The number of aromatic nitrogens is 1. The van der Waals surface area contributed by atoms with Gasteiger partial charge in [-0.2, -0.15) is 11.3 Å². The van der Waals surface area contributed by atoms with E-state index in [2.05, 4.69) is 10.3 Å². The number of rotatable bonds is 9. The summed E-state index contributed by atoms with van der Waals surface area (Å²) >= 11 is 1.40. The summed E-state index contributed by atoms with van der Waals surface area (Å²) < 4.78 is 24.6. The van der Waals surface area contributed by atoms with Crippen LogP contribution in [0.2, 0.25) is 0 Å². The number of halogens is 1. The van der Waals surface area contributed by atoms with Crippen LogP contribution in [-0.4, -0.2) is 30.9 Å². The predicted molar refractivity (Wildman–Crippen MR) is 115 cm³/mol. The Morgan fingerprint density at radius 1 is 1.32 bits per heavy atom. The van der Waals surface area contributed by atoms with Crippen LogP contribution >= 0.6 is 11.3 Å². The highest BCUT2D eigenvalue weighted by atomic mass is 32.1. The van der Waals surface area contributed by atoms with E-state index in [1.807, 2.05) is 5.38 Å². The molecule has 3 aromatic rings. The first-order valence-corrected chi connectivity index (χ1v) is 10.8. The van der Waals surface area contributed by atoms with Gasteiger partial charge in [-0.15, -0.1) is 0 Å². The van der Waals surface area contributed by atoms with Crippen molar-refractivity contribution in [2.24, 2.45) is 5.92 Å². The molecule has 4 rings (SSSR count). The number of hydrogen-bond acceptors (Lipinski definition) is 6. The second-order valence-corrected chi connectivity index (χ2v) is 8.08. The van der Waals surface area contributed by atoms with E-state index in [9.17, 15) is 14.0 Å². The summed E-state index contributed by atoms with van der Waals surface area (Å²) in [5, 5.41) is 6.38. The maximum absolute atomic E-state index is 13.9. The zero-order valence-corrected chi connectivity index (χ0v) is 17.7. The molecular weight excluding hydrogens is 419 g/mol. The standard InChI is InChI=1S/C23H21FN2O4S/c1-29-21-5-4-15(6-20(21)24)8-25-22(28)18-7-16(19-13-31-12-17(19)10-27)9-26-23(18)30-11-14-2-3-14/h4-7,9-10,12-14H,2-3,8,11H2,1H3,(H,25,28). The van der Waals surface area contributed by atoms with Gasteiger partial charge < -0.3 is 14.8 Å². The second-order valence-electron chi connectivity index (χ2n) is 7.34. The Morgan fingerprint density at radius 3 is 2.87 bits per heavy atom. The van der Waals surface area contributed by atoms with Gasteiger partial charge in [-0.25, -0.2) is 9.37 Å². The summed E-state index contributed by atoms with van der Waals surface area (Å²) in [5.74, 6) is 0.00380. The van der Waals surface area contributed by atoms with Crippen molar-refractivity contribution in [1.29, 1.82) is 0 Å². The lowest BCUT2D eigenvalue weighted by Crippen LogP contribution is -2.24. The number of thiophene rings is 1. The first-order chi connectivity index (χ1) is 15.1. The van der Waals surface area contributed by atoms with E-state index in [4.69, 9.17) is 9.47 Å². The summed E-state index contributed by atoms with van der Waals surface area (Å²) in [4.78, 5) is 28.6. The van der Waals surface area contributed by atoms with Crippen molar-refractivity contribution in [2.75, 3.05) is 13.7 Å². The Hall–Kier alpha value is -3.26. The van der Waals surface area contributed by atoms with Gasteiger partial charge in [0.25, 0.3) is 5.91 Å². The summed E-state index contributed by atoms with van der Waals surface area (Å²) in [5.41, 5.74) is 2.78. The van der Waals surface area contributed by atoms with Gasteiger partial charge in [-0.3, -0.25) is 9.59 Å². The third kappa shape index (κ3) is 4.91. The number of ether oxygens (including phenoxy) is 2. The Kier molecular flexibility index (Phi) is 6.27. The number of benzene rings is 1. The molecule has 6 nitrogen and oxygen atoms in total. The first kappa shape index (κ1) is 21.0. The molecule has 2 aromatic heterocycles. The SMILES string of the molecule is COc1ccc(CNC(=O)c2cc(-c3cscc3C=O)cnc2OCC2CC2)cc1F. The zero-order valence-electron chi connectivity index (χ0n) is 16.9. The normalized spacial score (nSPS) is 13.0. The average molecular weight is 440 g/mol. The number of nitrogens with one attached hydrogen (secondary N) is 1. The minimum absolute atomic E-state index is 0.129. The topological polar surface area (TPSA) is 77.5 Å². The molecule has 1 N–H and O–H groups in total. The molecule has 160 valence electrons. The van der Waals surface area contributed by atoms with Crippen molar-refractivity contribution in [2.45, 2.75) is 19.4 Å². The van der Waals surface area contributed by atoms with E-state index < -0.39 is 5.82 Å². The molecule has 1 fully saturated rings. The van der Waals surface area contributed by atoms with Gasteiger partial charge in [0.05, 0.1) is 13.7 Å². The van der Waals surface area contributed by atoms with Crippen LogP contribution < -0.4 is 14.8 Å². The molecule has 1 amide bonds. The molecule has 8 heteroatoms. The fourth-order valence-electron chi connectivity index (χ4n) is 3.09. The molecule has 0 bridgehead atoms. The number of methoxy groups -OCH3 is 1. The Balaban J connectivity index is 1.57. The van der Waals surface area contributed by atoms with Crippen molar-refractivity contribution in [3.63, 3.8) is 0 Å². The van der Waals surface area contributed by atoms with Gasteiger partial charge in [0.15, 0.2) is 17.9 Å². The van der Waals surface area contributed by atoms with E-state index in [-0.39, 0.29) is 29.6 Å². The van der Waals surface area contributed by atoms with Crippen LogP contribution in [0.25, 0.3) is 11.1 Å². The van der Waals surface area contributed by atoms with E-state index in [0.717, 1.165) is 19.1 Å². The lowest BCUT2D eigenvalue weighted by molar-refractivity contribution is 0.0945. The monoisotopic (exact) mass is 440 g/mol. The van der Waals surface area contributed by atoms with Gasteiger partial charge in [0, 0.05) is 34.8 Å². The summed E-state index contributed by atoms with van der Waals surface area (Å²) in [6.45, 7) is 0.637. The number of carbonyl (C=O) groups is 2. The first-order valence-electron chi connectivity index (χ1n) is 9.84. The van der Waals surface area contributed by atoms with Crippen molar-refractivity contribution >= 4 is 23.5 Å². The molecule has 0 saturated heterocycles. The van der Waals surface area contributed by atoms with Crippen LogP contribution in [-0.2, 0) is 6.54 Å². The van der Waals surface area contributed by atoms with Crippen LogP contribution in [0.15, 0.2) is 41.2 Å². The summed E-state index contributed by atoms with van der Waals surface area (Å²) in [7, 11) is 1.40. The third-order valence-corrected chi connectivity index (χ3v) is 5.81. The quantitative estimate of drug-likeness (QED) is 0.496.